The van der Waals surface area contributed by atoms with Crippen LogP contribution in [0.4, 0.5) is 0 Å². The van der Waals surface area contributed by atoms with Gasteiger partial charge in [-0.1, -0.05) is 19.8 Å². The van der Waals surface area contributed by atoms with Gasteiger partial charge in [-0.3, -0.25) is 0 Å². The summed E-state index contributed by atoms with van der Waals surface area (Å²) in [6, 6.07) is 1.39. The van der Waals surface area contributed by atoms with Gasteiger partial charge in [0.15, 0.2) is 9.84 Å². The summed E-state index contributed by atoms with van der Waals surface area (Å²) in [5.41, 5.74) is 0.217. The summed E-state index contributed by atoms with van der Waals surface area (Å²) in [6.45, 7) is 1.99. The van der Waals surface area contributed by atoms with Crippen molar-refractivity contribution in [3.63, 3.8) is 0 Å². The van der Waals surface area contributed by atoms with Crippen LogP contribution >= 0.6 is 0 Å². The second kappa shape index (κ2) is 5.86. The van der Waals surface area contributed by atoms with E-state index in [9.17, 15) is 13.2 Å². The lowest BCUT2D eigenvalue weighted by Gasteiger charge is -2.02. The van der Waals surface area contributed by atoms with Crippen LogP contribution in [0.15, 0.2) is 16.7 Å². The first-order chi connectivity index (χ1) is 7.96. The molecule has 0 saturated heterocycles. The quantitative estimate of drug-likeness (QED) is 0.759. The molecule has 0 spiro atoms. The highest BCUT2D eigenvalue weighted by molar-refractivity contribution is 7.90. The summed E-state index contributed by atoms with van der Waals surface area (Å²) < 4.78 is 28.2. The Morgan fingerprint density at radius 1 is 1.41 bits per heavy atom. The zero-order valence-corrected chi connectivity index (χ0v) is 10.5. The first kappa shape index (κ1) is 13.8. The van der Waals surface area contributed by atoms with Crippen LogP contribution in [0, 0.1) is 0 Å². The number of rotatable bonds is 7. The van der Waals surface area contributed by atoms with Crippen LogP contribution in [-0.4, -0.2) is 25.2 Å². The Labute approximate surface area is 100 Å². The molecule has 5 nitrogen and oxygen atoms in total. The molecule has 0 aliphatic rings. The molecule has 0 aliphatic heterocycles. The molecule has 0 fully saturated rings. The first-order valence-corrected chi connectivity index (χ1v) is 7.28. The lowest BCUT2D eigenvalue weighted by atomic mass is 10.3. The van der Waals surface area contributed by atoms with Crippen molar-refractivity contribution in [2.75, 3.05) is 5.75 Å². The standard InChI is InChI=1S/C11H16O5S/c1-2-3-4-7-17(14,15)8-9-5-6-16-10(9)11(12)13/h5-6H,2-4,7-8H2,1H3,(H,12,13). The molecule has 1 N–H and O–H groups in total. The Hall–Kier alpha value is -1.30. The van der Waals surface area contributed by atoms with E-state index in [-0.39, 0.29) is 22.8 Å². The SMILES string of the molecule is CCCCCS(=O)(=O)Cc1ccoc1C(=O)O. The van der Waals surface area contributed by atoms with Crippen molar-refractivity contribution in [1.82, 2.24) is 0 Å². The van der Waals surface area contributed by atoms with Crippen molar-refractivity contribution in [1.29, 1.82) is 0 Å². The molecule has 0 radical (unpaired) electrons. The third-order valence-electron chi connectivity index (χ3n) is 2.38. The maximum Gasteiger partial charge on any atom is 0.372 e. The average molecular weight is 260 g/mol. The van der Waals surface area contributed by atoms with E-state index in [0.717, 1.165) is 12.8 Å². The number of hydrogen-bond donors (Lipinski definition) is 1. The van der Waals surface area contributed by atoms with Gasteiger partial charge in [0.05, 0.1) is 17.8 Å². The molecule has 0 unspecified atom stereocenters. The van der Waals surface area contributed by atoms with Gasteiger partial charge in [-0.15, -0.1) is 0 Å². The predicted molar refractivity (Wildman–Crippen MR) is 62.7 cm³/mol. The Morgan fingerprint density at radius 3 is 2.71 bits per heavy atom. The van der Waals surface area contributed by atoms with Crippen LogP contribution in [0.2, 0.25) is 0 Å². The number of carboxylic acid groups (broad SMARTS) is 1. The maximum atomic E-state index is 11.7. The third-order valence-corrected chi connectivity index (χ3v) is 4.04. The number of carboxylic acids is 1. The predicted octanol–water partition coefficient (Wildman–Crippen LogP) is 2.08. The Kier molecular flexibility index (Phi) is 4.74. The van der Waals surface area contributed by atoms with E-state index in [1.807, 2.05) is 6.92 Å². The highest BCUT2D eigenvalue weighted by Gasteiger charge is 2.20. The fourth-order valence-electron chi connectivity index (χ4n) is 1.52. The van der Waals surface area contributed by atoms with Crippen LogP contribution in [0.3, 0.4) is 0 Å². The van der Waals surface area contributed by atoms with Gasteiger partial charge in [0.1, 0.15) is 0 Å². The molecule has 1 aromatic heterocycles. The zero-order chi connectivity index (χ0) is 12.9. The number of aromatic carboxylic acids is 1. The molecule has 1 rings (SSSR count). The van der Waals surface area contributed by atoms with Crippen LogP contribution in [0.1, 0.15) is 42.3 Å². The summed E-state index contributed by atoms with van der Waals surface area (Å²) in [5, 5.41) is 8.78. The van der Waals surface area contributed by atoms with Gasteiger partial charge in [0.25, 0.3) is 0 Å². The molecule has 1 heterocycles. The van der Waals surface area contributed by atoms with Crippen molar-refractivity contribution >= 4 is 15.8 Å². The summed E-state index contributed by atoms with van der Waals surface area (Å²) in [6.07, 6.45) is 3.61. The van der Waals surface area contributed by atoms with Crippen LogP contribution in [0.5, 0.6) is 0 Å². The van der Waals surface area contributed by atoms with Gasteiger partial charge in [-0.2, -0.15) is 0 Å². The van der Waals surface area contributed by atoms with Gasteiger partial charge >= 0.3 is 5.97 Å². The zero-order valence-electron chi connectivity index (χ0n) is 9.68. The molecule has 0 amide bonds. The summed E-state index contributed by atoms with van der Waals surface area (Å²) >= 11 is 0. The minimum Gasteiger partial charge on any atom is -0.475 e. The fraction of sp³-hybridized carbons (Fsp3) is 0.545. The molecular formula is C11H16O5S. The highest BCUT2D eigenvalue weighted by atomic mass is 32.2. The monoisotopic (exact) mass is 260 g/mol. The van der Waals surface area contributed by atoms with Crippen molar-refractivity contribution in [3.8, 4) is 0 Å². The minimum absolute atomic E-state index is 0.0884. The molecule has 0 atom stereocenters. The van der Waals surface area contributed by atoms with Gasteiger partial charge in [-0.25, -0.2) is 13.2 Å². The molecule has 0 aliphatic carbocycles. The topological polar surface area (TPSA) is 84.6 Å². The molecule has 0 aromatic carbocycles. The van der Waals surface area contributed by atoms with Crippen molar-refractivity contribution in [3.05, 3.63) is 23.7 Å². The highest BCUT2D eigenvalue weighted by Crippen LogP contribution is 2.15. The third kappa shape index (κ3) is 4.22. The van der Waals surface area contributed by atoms with Crippen LogP contribution < -0.4 is 0 Å². The fourth-order valence-corrected chi connectivity index (χ4v) is 3.01. The van der Waals surface area contributed by atoms with E-state index in [2.05, 4.69) is 0 Å². The largest absolute Gasteiger partial charge is 0.475 e. The molecule has 96 valence electrons. The number of unbranched alkanes of at least 4 members (excludes halogenated alkanes) is 2. The summed E-state index contributed by atoms with van der Waals surface area (Å²) in [5.74, 6) is -1.71. The van der Waals surface area contributed by atoms with E-state index in [4.69, 9.17) is 9.52 Å². The van der Waals surface area contributed by atoms with Gasteiger partial charge < -0.3 is 9.52 Å². The lowest BCUT2D eigenvalue weighted by molar-refractivity contribution is 0.0661. The second-order valence-electron chi connectivity index (χ2n) is 3.88. The molecule has 0 saturated carbocycles. The smallest absolute Gasteiger partial charge is 0.372 e. The Morgan fingerprint density at radius 2 is 2.12 bits per heavy atom. The Bertz CT molecular complexity index is 472. The molecule has 0 bridgehead atoms. The minimum atomic E-state index is -3.26. The average Bonchev–Trinajstić information content (AvgIpc) is 2.65. The molecule has 17 heavy (non-hydrogen) atoms. The number of furan rings is 1. The van der Waals surface area contributed by atoms with E-state index >= 15 is 0 Å². The molecular weight excluding hydrogens is 244 g/mol. The van der Waals surface area contributed by atoms with E-state index in [0.29, 0.717) is 6.42 Å². The summed E-state index contributed by atoms with van der Waals surface area (Å²) in [4.78, 5) is 10.7. The second-order valence-corrected chi connectivity index (χ2v) is 6.06. The lowest BCUT2D eigenvalue weighted by Crippen LogP contribution is -2.11. The number of sulfone groups is 1. The van der Waals surface area contributed by atoms with E-state index in [1.54, 1.807) is 0 Å². The maximum absolute atomic E-state index is 11.7. The number of hydrogen-bond acceptors (Lipinski definition) is 4. The van der Waals surface area contributed by atoms with Crippen molar-refractivity contribution in [2.24, 2.45) is 0 Å². The molecule has 1 aromatic rings. The van der Waals surface area contributed by atoms with Gasteiger partial charge in [0, 0.05) is 5.56 Å². The summed E-state index contributed by atoms with van der Waals surface area (Å²) in [7, 11) is -3.26. The van der Waals surface area contributed by atoms with Gasteiger partial charge in [-0.05, 0) is 12.5 Å². The van der Waals surface area contributed by atoms with Crippen LogP contribution in [0.25, 0.3) is 0 Å². The van der Waals surface area contributed by atoms with Crippen molar-refractivity contribution < 1.29 is 22.7 Å². The van der Waals surface area contributed by atoms with Crippen LogP contribution in [-0.2, 0) is 15.6 Å². The van der Waals surface area contributed by atoms with Crippen molar-refractivity contribution in [2.45, 2.75) is 31.9 Å². The number of carbonyl (C=O) groups is 1. The molecule has 6 heteroatoms. The van der Waals surface area contributed by atoms with Gasteiger partial charge in [0.2, 0.25) is 5.76 Å². The normalized spacial score (nSPS) is 11.6. The van der Waals surface area contributed by atoms with E-state index < -0.39 is 15.8 Å². The van der Waals surface area contributed by atoms with E-state index in [1.165, 1.54) is 12.3 Å². The first-order valence-electron chi connectivity index (χ1n) is 5.46. The Balaban J connectivity index is 2.69.